The molecule has 0 saturated carbocycles. The minimum Gasteiger partial charge on any atom is -0.546 e. The summed E-state index contributed by atoms with van der Waals surface area (Å²) in [5.41, 5.74) is 0.928. The lowest BCUT2D eigenvalue weighted by Crippen LogP contribution is -2.51. The maximum atomic E-state index is 12.4. The second kappa shape index (κ2) is 8.30. The van der Waals surface area contributed by atoms with Crippen LogP contribution in [0.25, 0.3) is 0 Å². The Bertz CT molecular complexity index is 724. The van der Waals surface area contributed by atoms with Crippen molar-refractivity contribution in [1.82, 2.24) is 10.6 Å². The number of nitrogens with one attached hydrogen (secondary N) is 2. The molecule has 2 atom stereocenters. The van der Waals surface area contributed by atoms with Crippen LogP contribution in [0.5, 0.6) is 5.75 Å². The second-order valence-corrected chi connectivity index (χ2v) is 6.50. The lowest BCUT2D eigenvalue weighted by atomic mass is 9.88. The van der Waals surface area contributed by atoms with Crippen molar-refractivity contribution in [2.45, 2.75) is 13.0 Å². The first-order valence-corrected chi connectivity index (χ1v) is 8.58. The lowest BCUT2D eigenvalue weighted by Gasteiger charge is -2.35. The Morgan fingerprint density at radius 2 is 2.16 bits per heavy atom. The molecule has 25 heavy (non-hydrogen) atoms. The standard InChI is InChI=1S/C16H17BrN2O5S/c1-3-23-15(22)13-8(2)18-16(25)19-14(13)10-6-9(17)4-5-11(10)24-7-12(20)21/h4-6,13-14H,2-3,7H2,1H3,(H,20,21)(H2,18,19,25)/p-1/t13-,14+/m1/s1. The van der Waals surface area contributed by atoms with Gasteiger partial charge < -0.3 is 30.0 Å². The van der Waals surface area contributed by atoms with Crippen LogP contribution in [-0.4, -0.2) is 30.3 Å². The van der Waals surface area contributed by atoms with Crippen LogP contribution < -0.4 is 20.5 Å². The van der Waals surface area contributed by atoms with E-state index in [4.69, 9.17) is 21.7 Å². The molecule has 0 bridgehead atoms. The third kappa shape index (κ3) is 4.70. The number of hydrogen-bond donors (Lipinski definition) is 2. The summed E-state index contributed by atoms with van der Waals surface area (Å²) in [7, 11) is 0. The molecular formula is C16H16BrN2O5S-. The minimum absolute atomic E-state index is 0.215. The number of aliphatic carboxylic acids is 1. The van der Waals surface area contributed by atoms with Crippen LogP contribution in [0.2, 0.25) is 0 Å². The molecule has 0 unspecified atom stereocenters. The summed E-state index contributed by atoms with van der Waals surface area (Å²) in [5, 5.41) is 16.8. The van der Waals surface area contributed by atoms with Gasteiger partial charge >= 0.3 is 5.97 Å². The molecule has 2 N–H and O–H groups in total. The van der Waals surface area contributed by atoms with Gasteiger partial charge in [-0.25, -0.2) is 0 Å². The van der Waals surface area contributed by atoms with Gasteiger partial charge in [0.25, 0.3) is 0 Å². The molecule has 1 fully saturated rings. The van der Waals surface area contributed by atoms with Gasteiger partial charge in [0.1, 0.15) is 18.3 Å². The Labute approximate surface area is 158 Å². The fraction of sp³-hybridized carbons (Fsp3) is 0.312. The predicted octanol–water partition coefficient (Wildman–Crippen LogP) is 0.790. The fourth-order valence-electron chi connectivity index (χ4n) is 2.48. The molecule has 9 heteroatoms. The van der Waals surface area contributed by atoms with Crippen molar-refractivity contribution >= 4 is 45.2 Å². The zero-order valence-corrected chi connectivity index (χ0v) is 15.7. The van der Waals surface area contributed by atoms with E-state index in [1.807, 2.05) is 0 Å². The van der Waals surface area contributed by atoms with Gasteiger partial charge in [-0.05, 0) is 37.3 Å². The van der Waals surface area contributed by atoms with Crippen molar-refractivity contribution in [3.05, 3.63) is 40.5 Å². The molecule has 1 aromatic carbocycles. The lowest BCUT2D eigenvalue weighted by molar-refractivity contribution is -0.307. The van der Waals surface area contributed by atoms with E-state index in [1.54, 1.807) is 25.1 Å². The van der Waals surface area contributed by atoms with Crippen LogP contribution in [0.1, 0.15) is 18.5 Å². The number of carboxylic acids is 1. The third-order valence-corrected chi connectivity index (χ3v) is 4.18. The quantitative estimate of drug-likeness (QED) is 0.507. The van der Waals surface area contributed by atoms with Crippen molar-refractivity contribution in [3.63, 3.8) is 0 Å². The van der Waals surface area contributed by atoms with Gasteiger partial charge in [-0.1, -0.05) is 22.5 Å². The number of esters is 1. The third-order valence-electron chi connectivity index (χ3n) is 3.46. The number of carbonyl (C=O) groups excluding carboxylic acids is 2. The summed E-state index contributed by atoms with van der Waals surface area (Å²) < 4.78 is 11.1. The molecule has 134 valence electrons. The van der Waals surface area contributed by atoms with Crippen molar-refractivity contribution in [2.75, 3.05) is 13.2 Å². The first-order chi connectivity index (χ1) is 11.8. The Hall–Kier alpha value is -2.13. The summed E-state index contributed by atoms with van der Waals surface area (Å²) in [6.07, 6.45) is 0. The molecule has 0 aromatic heterocycles. The van der Waals surface area contributed by atoms with Crippen LogP contribution in [0.15, 0.2) is 34.9 Å². The zero-order valence-electron chi connectivity index (χ0n) is 13.3. The smallest absolute Gasteiger partial charge is 0.317 e. The topological polar surface area (TPSA) is 99.7 Å². The SMILES string of the molecule is C=C1NC(=S)N[C@@H](c2cc(Br)ccc2OCC(=O)[O-])[C@@H]1C(=O)OCC. The van der Waals surface area contributed by atoms with Gasteiger partial charge in [0.05, 0.1) is 18.6 Å². The highest BCUT2D eigenvalue weighted by Crippen LogP contribution is 2.37. The summed E-state index contributed by atoms with van der Waals surface area (Å²) in [6, 6.07) is 4.38. The van der Waals surface area contributed by atoms with E-state index in [0.717, 1.165) is 4.47 Å². The molecule has 1 aliphatic heterocycles. The second-order valence-electron chi connectivity index (χ2n) is 5.17. The van der Waals surface area contributed by atoms with Gasteiger partial charge in [-0.15, -0.1) is 0 Å². The van der Waals surface area contributed by atoms with Gasteiger partial charge in [-0.2, -0.15) is 0 Å². The molecule has 0 aliphatic carbocycles. The van der Waals surface area contributed by atoms with E-state index in [-0.39, 0.29) is 12.4 Å². The van der Waals surface area contributed by atoms with Gasteiger partial charge in [-0.3, -0.25) is 4.79 Å². The van der Waals surface area contributed by atoms with E-state index in [2.05, 4.69) is 33.1 Å². The monoisotopic (exact) mass is 427 g/mol. The Morgan fingerprint density at radius 1 is 1.44 bits per heavy atom. The molecule has 1 heterocycles. The van der Waals surface area contributed by atoms with E-state index < -0.39 is 30.5 Å². The number of hydrogen-bond acceptors (Lipinski definition) is 6. The molecule has 0 radical (unpaired) electrons. The van der Waals surface area contributed by atoms with Gasteiger partial charge in [0.15, 0.2) is 5.11 Å². The van der Waals surface area contributed by atoms with Crippen molar-refractivity contribution in [3.8, 4) is 5.75 Å². The van der Waals surface area contributed by atoms with E-state index in [9.17, 15) is 14.7 Å². The summed E-state index contributed by atoms with van der Waals surface area (Å²) in [5.74, 6) is -2.32. The number of carboxylic acid groups (broad SMARTS) is 1. The van der Waals surface area contributed by atoms with Crippen molar-refractivity contribution in [1.29, 1.82) is 0 Å². The number of halogens is 1. The number of ether oxygens (including phenoxy) is 2. The minimum atomic E-state index is -1.35. The number of benzene rings is 1. The number of thiocarbonyl (C=S) groups is 1. The van der Waals surface area contributed by atoms with Gasteiger partial charge in [0.2, 0.25) is 0 Å². The average Bonchev–Trinajstić information content (AvgIpc) is 2.52. The highest BCUT2D eigenvalue weighted by Gasteiger charge is 2.39. The van der Waals surface area contributed by atoms with Crippen LogP contribution in [0.4, 0.5) is 0 Å². The molecule has 1 aliphatic rings. The number of carbonyl (C=O) groups is 2. The molecule has 1 aromatic rings. The van der Waals surface area contributed by atoms with Crippen molar-refractivity contribution in [2.24, 2.45) is 5.92 Å². The van der Waals surface area contributed by atoms with Crippen LogP contribution >= 0.6 is 28.1 Å². The molecule has 1 saturated heterocycles. The van der Waals surface area contributed by atoms with Crippen LogP contribution in [0.3, 0.4) is 0 Å². The van der Waals surface area contributed by atoms with E-state index >= 15 is 0 Å². The Kier molecular flexibility index (Phi) is 6.38. The Morgan fingerprint density at radius 3 is 2.80 bits per heavy atom. The molecule has 0 amide bonds. The maximum absolute atomic E-state index is 12.4. The fourth-order valence-corrected chi connectivity index (χ4v) is 3.12. The predicted molar refractivity (Wildman–Crippen MR) is 95.5 cm³/mol. The highest BCUT2D eigenvalue weighted by molar-refractivity contribution is 9.10. The highest BCUT2D eigenvalue weighted by atomic mass is 79.9. The van der Waals surface area contributed by atoms with Crippen molar-refractivity contribution < 1.29 is 24.2 Å². The largest absolute Gasteiger partial charge is 0.546 e. The van der Waals surface area contributed by atoms with E-state index in [1.165, 1.54) is 0 Å². The summed E-state index contributed by atoms with van der Waals surface area (Å²) in [4.78, 5) is 23.1. The number of rotatable bonds is 6. The molecule has 2 rings (SSSR count). The molecule has 7 nitrogen and oxygen atoms in total. The average molecular weight is 428 g/mol. The first-order valence-electron chi connectivity index (χ1n) is 7.38. The normalized spacial score (nSPS) is 19.6. The van der Waals surface area contributed by atoms with E-state index in [0.29, 0.717) is 16.4 Å². The maximum Gasteiger partial charge on any atom is 0.317 e. The first kappa shape index (κ1) is 19.2. The molecule has 0 spiro atoms. The van der Waals surface area contributed by atoms with Gasteiger partial charge in [0, 0.05) is 15.7 Å². The van der Waals surface area contributed by atoms with Crippen LogP contribution in [0, 0.1) is 5.92 Å². The summed E-state index contributed by atoms with van der Waals surface area (Å²) in [6.45, 7) is 5.16. The molecular weight excluding hydrogens is 412 g/mol. The summed E-state index contributed by atoms with van der Waals surface area (Å²) >= 11 is 8.52. The van der Waals surface area contributed by atoms with Crippen LogP contribution in [-0.2, 0) is 14.3 Å². The zero-order chi connectivity index (χ0) is 18.6. The Balaban J connectivity index is 2.45.